The van der Waals surface area contributed by atoms with Crippen LogP contribution in [0, 0.1) is 0 Å². The summed E-state index contributed by atoms with van der Waals surface area (Å²) >= 11 is 5.62. The van der Waals surface area contributed by atoms with Crippen LogP contribution in [0.3, 0.4) is 0 Å². The van der Waals surface area contributed by atoms with Crippen molar-refractivity contribution in [3.63, 3.8) is 0 Å². The number of aromatic nitrogens is 2. The Kier molecular flexibility index (Phi) is 4.94. The van der Waals surface area contributed by atoms with Gasteiger partial charge in [-0.05, 0) is 69.4 Å². The van der Waals surface area contributed by atoms with Crippen LogP contribution in [0.15, 0.2) is 23.0 Å². The van der Waals surface area contributed by atoms with Gasteiger partial charge < -0.3 is 10.2 Å². The van der Waals surface area contributed by atoms with E-state index in [1.807, 2.05) is 22.8 Å². The van der Waals surface area contributed by atoms with Crippen molar-refractivity contribution in [2.75, 3.05) is 11.9 Å². The molecule has 3 heterocycles. The summed E-state index contributed by atoms with van der Waals surface area (Å²) < 4.78 is 1.87. The molecule has 0 saturated carbocycles. The Bertz CT molecular complexity index is 891. The molecule has 4 rings (SSSR count). The third kappa shape index (κ3) is 3.34. The highest BCUT2D eigenvalue weighted by molar-refractivity contribution is 7.80. The lowest BCUT2D eigenvalue weighted by Gasteiger charge is -2.35. The number of fused-ring (bicyclic) bond motifs is 2. The summed E-state index contributed by atoms with van der Waals surface area (Å²) in [7, 11) is 0. The maximum Gasteiger partial charge on any atom is 0.261 e. The standard InChI is InChI=1S/C20H26N4OS/c1-14-7-4-6-11-23(14)20(26)21-15-9-10-17-16(13-15)19(25)24-12-5-2-3-8-18(24)22-17/h9-10,13-14H,2-8,11-12H2,1H3,(H,21,26)/t14-/m1/s1. The van der Waals surface area contributed by atoms with Crippen LogP contribution in [-0.2, 0) is 13.0 Å². The predicted octanol–water partition coefficient (Wildman–Crippen LogP) is 3.69. The Labute approximate surface area is 159 Å². The second-order valence-electron chi connectivity index (χ2n) is 7.50. The summed E-state index contributed by atoms with van der Waals surface area (Å²) in [5.74, 6) is 0.929. The van der Waals surface area contributed by atoms with Gasteiger partial charge in [0.2, 0.25) is 0 Å². The molecule has 1 aromatic carbocycles. The van der Waals surface area contributed by atoms with Crippen LogP contribution in [0.1, 0.15) is 51.3 Å². The van der Waals surface area contributed by atoms with E-state index in [1.165, 1.54) is 19.3 Å². The van der Waals surface area contributed by atoms with Crippen molar-refractivity contribution in [2.24, 2.45) is 0 Å². The van der Waals surface area contributed by atoms with Gasteiger partial charge in [-0.25, -0.2) is 4.98 Å². The van der Waals surface area contributed by atoms with Gasteiger partial charge in [0.15, 0.2) is 5.11 Å². The molecule has 0 amide bonds. The molecule has 1 N–H and O–H groups in total. The van der Waals surface area contributed by atoms with Crippen LogP contribution in [0.2, 0.25) is 0 Å². The molecule has 0 aliphatic carbocycles. The lowest BCUT2D eigenvalue weighted by atomic mass is 10.0. The van der Waals surface area contributed by atoms with E-state index in [9.17, 15) is 4.79 Å². The van der Waals surface area contributed by atoms with Crippen LogP contribution >= 0.6 is 12.2 Å². The van der Waals surface area contributed by atoms with E-state index in [-0.39, 0.29) is 5.56 Å². The number of nitrogens with one attached hydrogen (secondary N) is 1. The average molecular weight is 371 g/mol. The van der Waals surface area contributed by atoms with E-state index >= 15 is 0 Å². The average Bonchev–Trinajstić information content (AvgIpc) is 2.88. The van der Waals surface area contributed by atoms with Crippen LogP contribution in [0.4, 0.5) is 5.69 Å². The van der Waals surface area contributed by atoms with Gasteiger partial charge in [-0.1, -0.05) is 6.42 Å². The molecule has 0 radical (unpaired) electrons. The van der Waals surface area contributed by atoms with Gasteiger partial charge in [-0.15, -0.1) is 0 Å². The topological polar surface area (TPSA) is 50.2 Å². The molecule has 2 aromatic rings. The molecule has 138 valence electrons. The predicted molar refractivity (Wildman–Crippen MR) is 110 cm³/mol. The normalized spacial score (nSPS) is 20.5. The highest BCUT2D eigenvalue weighted by Gasteiger charge is 2.21. The zero-order valence-electron chi connectivity index (χ0n) is 15.3. The summed E-state index contributed by atoms with van der Waals surface area (Å²) in [6.07, 6.45) is 7.84. The van der Waals surface area contributed by atoms with Crippen molar-refractivity contribution in [2.45, 2.75) is 64.5 Å². The molecule has 1 fully saturated rings. The van der Waals surface area contributed by atoms with Crippen LogP contribution in [-0.4, -0.2) is 32.2 Å². The molecule has 1 aromatic heterocycles. The Morgan fingerprint density at radius 2 is 2.04 bits per heavy atom. The minimum absolute atomic E-state index is 0.0767. The Hall–Kier alpha value is -1.95. The first-order chi connectivity index (χ1) is 12.6. The monoisotopic (exact) mass is 370 g/mol. The number of hydrogen-bond donors (Lipinski definition) is 1. The first-order valence-corrected chi connectivity index (χ1v) is 10.2. The maximum atomic E-state index is 13.0. The smallest absolute Gasteiger partial charge is 0.261 e. The lowest BCUT2D eigenvalue weighted by molar-refractivity contribution is 0.262. The molecule has 26 heavy (non-hydrogen) atoms. The number of aryl methyl sites for hydroxylation is 1. The third-order valence-electron chi connectivity index (χ3n) is 5.63. The molecule has 0 spiro atoms. The van der Waals surface area contributed by atoms with Gasteiger partial charge in [0, 0.05) is 31.2 Å². The zero-order chi connectivity index (χ0) is 18.1. The number of nitrogens with zero attached hydrogens (tertiary/aromatic N) is 3. The van der Waals surface area contributed by atoms with Gasteiger partial charge >= 0.3 is 0 Å². The summed E-state index contributed by atoms with van der Waals surface area (Å²) in [6.45, 7) is 4.00. The van der Waals surface area contributed by atoms with Crippen LogP contribution in [0.5, 0.6) is 0 Å². The van der Waals surface area contributed by atoms with Gasteiger partial charge in [-0.2, -0.15) is 0 Å². The van der Waals surface area contributed by atoms with Crippen molar-refractivity contribution in [1.29, 1.82) is 0 Å². The van der Waals surface area contributed by atoms with Crippen LogP contribution < -0.4 is 10.9 Å². The molecule has 2 aliphatic heterocycles. The van der Waals surface area contributed by atoms with E-state index in [2.05, 4.69) is 17.1 Å². The molecule has 6 heteroatoms. The fourth-order valence-electron chi connectivity index (χ4n) is 4.09. The van der Waals surface area contributed by atoms with E-state index in [0.29, 0.717) is 11.4 Å². The van der Waals surface area contributed by atoms with Gasteiger partial charge in [0.05, 0.1) is 10.9 Å². The highest BCUT2D eigenvalue weighted by Crippen LogP contribution is 2.21. The number of benzene rings is 1. The van der Waals surface area contributed by atoms with Crippen molar-refractivity contribution in [1.82, 2.24) is 14.5 Å². The third-order valence-corrected chi connectivity index (χ3v) is 5.97. The first-order valence-electron chi connectivity index (χ1n) is 9.74. The molecule has 0 unspecified atom stereocenters. The number of piperidine rings is 1. The van der Waals surface area contributed by atoms with E-state index in [1.54, 1.807) is 0 Å². The summed E-state index contributed by atoms with van der Waals surface area (Å²) in [4.78, 5) is 20.0. The lowest BCUT2D eigenvalue weighted by Crippen LogP contribution is -2.44. The summed E-state index contributed by atoms with van der Waals surface area (Å²) in [5.41, 5.74) is 1.73. The molecule has 1 saturated heterocycles. The fraction of sp³-hybridized carbons (Fsp3) is 0.550. The minimum Gasteiger partial charge on any atom is -0.346 e. The Balaban J connectivity index is 1.64. The van der Waals surface area contributed by atoms with Crippen molar-refractivity contribution >= 4 is 33.9 Å². The van der Waals surface area contributed by atoms with Gasteiger partial charge in [0.1, 0.15) is 5.82 Å². The Morgan fingerprint density at radius 3 is 2.88 bits per heavy atom. The SMILES string of the molecule is C[C@@H]1CCCCN1C(=S)Nc1ccc2nc3n(c(=O)c2c1)CCCCC3. The summed E-state index contributed by atoms with van der Waals surface area (Å²) in [5, 5.41) is 4.76. The zero-order valence-corrected chi connectivity index (χ0v) is 16.1. The maximum absolute atomic E-state index is 13.0. The number of hydrogen-bond acceptors (Lipinski definition) is 3. The number of anilines is 1. The van der Waals surface area contributed by atoms with Crippen molar-refractivity contribution in [3.8, 4) is 0 Å². The van der Waals surface area contributed by atoms with E-state index in [4.69, 9.17) is 17.2 Å². The molecular formula is C20H26N4OS. The highest BCUT2D eigenvalue weighted by atomic mass is 32.1. The fourth-order valence-corrected chi connectivity index (χ4v) is 4.48. The van der Waals surface area contributed by atoms with Gasteiger partial charge in [-0.3, -0.25) is 9.36 Å². The molecule has 2 aliphatic rings. The largest absolute Gasteiger partial charge is 0.346 e. The van der Waals surface area contributed by atoms with Crippen molar-refractivity contribution in [3.05, 3.63) is 34.4 Å². The summed E-state index contributed by atoms with van der Waals surface area (Å²) in [6, 6.07) is 6.28. The van der Waals surface area contributed by atoms with E-state index < -0.39 is 0 Å². The van der Waals surface area contributed by atoms with Gasteiger partial charge in [0.25, 0.3) is 5.56 Å². The molecule has 1 atom stereocenters. The quantitative estimate of drug-likeness (QED) is 0.776. The first kappa shape index (κ1) is 17.5. The molecule has 5 nitrogen and oxygen atoms in total. The minimum atomic E-state index is 0.0767. The Morgan fingerprint density at radius 1 is 1.19 bits per heavy atom. The van der Waals surface area contributed by atoms with E-state index in [0.717, 1.165) is 60.9 Å². The number of thiocarbonyl (C=S) groups is 1. The van der Waals surface area contributed by atoms with Crippen molar-refractivity contribution < 1.29 is 0 Å². The second-order valence-corrected chi connectivity index (χ2v) is 7.88. The number of likely N-dealkylation sites (tertiary alicyclic amines) is 1. The second kappa shape index (κ2) is 7.35. The molecule has 0 bridgehead atoms. The molecular weight excluding hydrogens is 344 g/mol. The van der Waals surface area contributed by atoms with Crippen LogP contribution in [0.25, 0.3) is 10.9 Å². The number of rotatable bonds is 1.